The van der Waals surface area contributed by atoms with Crippen molar-refractivity contribution in [1.29, 1.82) is 0 Å². The maximum absolute atomic E-state index is 10.8. The van der Waals surface area contributed by atoms with Gasteiger partial charge >= 0.3 is 0 Å². The number of hydrogen-bond acceptors (Lipinski definition) is 6. The lowest BCUT2D eigenvalue weighted by atomic mass is 9.95. The van der Waals surface area contributed by atoms with Gasteiger partial charge in [-0.15, -0.1) is 0 Å². The summed E-state index contributed by atoms with van der Waals surface area (Å²) in [6, 6.07) is 13.0. The lowest BCUT2D eigenvalue weighted by molar-refractivity contribution is -0.385. The average molecular weight is 371 g/mol. The molecule has 0 saturated carbocycles. The third-order valence-corrected chi connectivity index (χ3v) is 4.80. The molecule has 1 atom stereocenters. The first-order valence-electron chi connectivity index (χ1n) is 8.90. The molecule has 0 spiro atoms. The molecule has 2 aromatic carbocycles. The van der Waals surface area contributed by atoms with Gasteiger partial charge in [0.15, 0.2) is 0 Å². The molecule has 0 bridgehead atoms. The van der Waals surface area contributed by atoms with E-state index in [-0.39, 0.29) is 22.3 Å². The van der Waals surface area contributed by atoms with Gasteiger partial charge in [-0.3, -0.25) is 25.1 Å². The van der Waals surface area contributed by atoms with E-state index in [9.17, 15) is 20.2 Å². The van der Waals surface area contributed by atoms with Crippen LogP contribution in [0.3, 0.4) is 0 Å². The van der Waals surface area contributed by atoms with E-state index in [1.54, 1.807) is 24.3 Å². The van der Waals surface area contributed by atoms with Crippen molar-refractivity contribution in [2.75, 3.05) is 19.7 Å². The van der Waals surface area contributed by atoms with Crippen LogP contribution in [0.25, 0.3) is 0 Å². The molecule has 0 aromatic heterocycles. The first-order valence-corrected chi connectivity index (χ1v) is 8.90. The van der Waals surface area contributed by atoms with Crippen LogP contribution in [0.5, 0.6) is 5.75 Å². The van der Waals surface area contributed by atoms with Gasteiger partial charge in [0.05, 0.1) is 9.85 Å². The highest BCUT2D eigenvalue weighted by atomic mass is 16.6. The first-order chi connectivity index (χ1) is 13.0. The Morgan fingerprint density at radius 3 is 2.11 bits per heavy atom. The largest absolute Gasteiger partial charge is 0.492 e. The highest BCUT2D eigenvalue weighted by Crippen LogP contribution is 2.31. The van der Waals surface area contributed by atoms with Crippen molar-refractivity contribution in [2.24, 2.45) is 0 Å². The number of nitro groups is 2. The molecule has 8 heteroatoms. The minimum Gasteiger partial charge on any atom is -0.492 e. The number of nitrogens with zero attached hydrogens (tertiary/aromatic N) is 3. The first kappa shape index (κ1) is 18.8. The van der Waals surface area contributed by atoms with Gasteiger partial charge in [-0.1, -0.05) is 18.6 Å². The van der Waals surface area contributed by atoms with Crippen molar-refractivity contribution < 1.29 is 14.6 Å². The molecule has 27 heavy (non-hydrogen) atoms. The third-order valence-electron chi connectivity index (χ3n) is 4.80. The van der Waals surface area contributed by atoms with Crippen LogP contribution < -0.4 is 4.74 Å². The molecular weight excluding hydrogens is 350 g/mol. The molecule has 2 aromatic rings. The summed E-state index contributed by atoms with van der Waals surface area (Å²) >= 11 is 0. The van der Waals surface area contributed by atoms with Crippen molar-refractivity contribution in [1.82, 2.24) is 4.90 Å². The van der Waals surface area contributed by atoms with Gasteiger partial charge in [0.25, 0.3) is 11.4 Å². The van der Waals surface area contributed by atoms with Crippen LogP contribution >= 0.6 is 0 Å². The highest BCUT2D eigenvalue weighted by molar-refractivity contribution is 5.36. The molecule has 1 unspecified atom stereocenters. The second-order valence-electron chi connectivity index (χ2n) is 6.50. The average Bonchev–Trinajstić information content (AvgIpc) is 2.69. The third kappa shape index (κ3) is 4.79. The van der Waals surface area contributed by atoms with Gasteiger partial charge in [0.2, 0.25) is 0 Å². The number of likely N-dealkylation sites (tertiary alicyclic amines) is 1. The monoisotopic (exact) mass is 371 g/mol. The molecule has 1 fully saturated rings. The van der Waals surface area contributed by atoms with Gasteiger partial charge in [-0.25, -0.2) is 0 Å². The number of piperidine rings is 1. The van der Waals surface area contributed by atoms with Crippen LogP contribution in [0.4, 0.5) is 11.4 Å². The second kappa shape index (κ2) is 8.59. The molecule has 1 aliphatic rings. The van der Waals surface area contributed by atoms with Crippen molar-refractivity contribution >= 4 is 11.4 Å². The van der Waals surface area contributed by atoms with Gasteiger partial charge in [-0.05, 0) is 37.1 Å². The number of benzene rings is 2. The van der Waals surface area contributed by atoms with E-state index in [1.807, 2.05) is 12.1 Å². The Hall–Kier alpha value is -3.00. The fraction of sp³-hybridized carbons (Fsp3) is 0.368. The van der Waals surface area contributed by atoms with Crippen LogP contribution in [0.15, 0.2) is 48.5 Å². The maximum Gasteiger partial charge on any atom is 0.269 e. The zero-order valence-corrected chi connectivity index (χ0v) is 14.8. The number of ether oxygens (including phenoxy) is 1. The van der Waals surface area contributed by atoms with Crippen LogP contribution in [0.2, 0.25) is 0 Å². The van der Waals surface area contributed by atoms with Crippen molar-refractivity contribution in [2.45, 2.75) is 25.3 Å². The van der Waals surface area contributed by atoms with Crippen molar-refractivity contribution in [3.05, 3.63) is 74.3 Å². The fourth-order valence-electron chi connectivity index (χ4n) is 3.40. The summed E-state index contributed by atoms with van der Waals surface area (Å²) in [4.78, 5) is 23.0. The lowest BCUT2D eigenvalue weighted by Crippen LogP contribution is -2.36. The zero-order valence-electron chi connectivity index (χ0n) is 14.8. The maximum atomic E-state index is 10.8. The SMILES string of the molecule is O=[N+]([O-])c1ccc(OCCN2CCCCC2c2ccc([N+](=O)[O-])cc2)cc1. The van der Waals surface area contributed by atoms with E-state index in [2.05, 4.69) is 4.90 Å². The fourth-order valence-corrected chi connectivity index (χ4v) is 3.40. The zero-order chi connectivity index (χ0) is 19.2. The molecule has 1 aliphatic heterocycles. The molecule has 0 aliphatic carbocycles. The summed E-state index contributed by atoms with van der Waals surface area (Å²) in [6.07, 6.45) is 3.25. The van der Waals surface area contributed by atoms with E-state index < -0.39 is 4.92 Å². The summed E-state index contributed by atoms with van der Waals surface area (Å²) < 4.78 is 5.72. The molecule has 1 heterocycles. The van der Waals surface area contributed by atoms with Gasteiger partial charge < -0.3 is 4.74 Å². The lowest BCUT2D eigenvalue weighted by Gasteiger charge is -2.35. The molecule has 8 nitrogen and oxygen atoms in total. The minimum atomic E-state index is -0.438. The van der Waals surface area contributed by atoms with E-state index in [0.29, 0.717) is 12.4 Å². The number of rotatable bonds is 7. The van der Waals surface area contributed by atoms with Crippen molar-refractivity contribution in [3.63, 3.8) is 0 Å². The molecule has 1 saturated heterocycles. The molecule has 142 valence electrons. The van der Waals surface area contributed by atoms with Crippen LogP contribution in [0.1, 0.15) is 30.9 Å². The molecule has 3 rings (SSSR count). The molecule has 0 radical (unpaired) electrons. The molecule has 0 N–H and O–H groups in total. The van der Waals surface area contributed by atoms with Crippen LogP contribution in [-0.2, 0) is 0 Å². The van der Waals surface area contributed by atoms with Crippen molar-refractivity contribution in [3.8, 4) is 5.75 Å². The number of nitro benzene ring substituents is 2. The van der Waals surface area contributed by atoms with Gasteiger partial charge in [0, 0.05) is 36.9 Å². The Bertz CT molecular complexity index is 792. The normalized spacial score (nSPS) is 17.4. The quantitative estimate of drug-likeness (QED) is 0.536. The summed E-state index contributed by atoms with van der Waals surface area (Å²) in [5.41, 5.74) is 1.22. The van der Waals surface area contributed by atoms with Gasteiger partial charge in [-0.2, -0.15) is 0 Å². The van der Waals surface area contributed by atoms with Gasteiger partial charge in [0.1, 0.15) is 12.4 Å². The highest BCUT2D eigenvalue weighted by Gasteiger charge is 2.24. The summed E-state index contributed by atoms with van der Waals surface area (Å²) in [6.45, 7) is 2.14. The summed E-state index contributed by atoms with van der Waals surface area (Å²) in [5.74, 6) is 0.601. The Morgan fingerprint density at radius 1 is 0.926 bits per heavy atom. The summed E-state index contributed by atoms with van der Waals surface area (Å²) in [7, 11) is 0. The Kier molecular flexibility index (Phi) is 5.97. The van der Waals surface area contributed by atoms with E-state index in [4.69, 9.17) is 4.74 Å². The number of hydrogen-bond donors (Lipinski definition) is 0. The summed E-state index contributed by atoms with van der Waals surface area (Å²) in [5, 5.41) is 21.5. The Balaban J connectivity index is 1.58. The van der Waals surface area contributed by atoms with E-state index >= 15 is 0 Å². The molecular formula is C19H21N3O5. The predicted molar refractivity (Wildman–Crippen MR) is 99.9 cm³/mol. The minimum absolute atomic E-state index is 0.0385. The van der Waals surface area contributed by atoms with E-state index in [0.717, 1.165) is 37.9 Å². The number of non-ortho nitro benzene ring substituents is 2. The molecule has 0 amide bonds. The van der Waals surface area contributed by atoms with Crippen LogP contribution in [-0.4, -0.2) is 34.4 Å². The smallest absolute Gasteiger partial charge is 0.269 e. The second-order valence-corrected chi connectivity index (χ2v) is 6.50. The van der Waals surface area contributed by atoms with E-state index in [1.165, 1.54) is 12.1 Å². The standard InChI is InChI=1S/C19H21N3O5/c23-21(24)16-6-4-15(5-7-16)19-3-1-2-12-20(19)13-14-27-18-10-8-17(9-11-18)22(25)26/h4-11,19H,1-3,12-14H2. The topological polar surface area (TPSA) is 98.8 Å². The Labute approximate surface area is 156 Å². The van der Waals surface area contributed by atoms with Crippen LogP contribution in [0, 0.1) is 20.2 Å². The predicted octanol–water partition coefficient (Wildman–Crippen LogP) is 4.11. The Morgan fingerprint density at radius 2 is 1.52 bits per heavy atom.